The Balaban J connectivity index is 1.63. The molecule has 7 nitrogen and oxygen atoms in total. The van der Waals surface area contributed by atoms with Crippen LogP contribution in [0.3, 0.4) is 0 Å². The van der Waals surface area contributed by atoms with E-state index >= 15 is 0 Å². The molecule has 1 unspecified atom stereocenters. The molecular formula is C22H28N4O3. The molecule has 2 aliphatic heterocycles. The largest absolute Gasteiger partial charge is 0.385 e. The molecule has 0 fully saturated rings. The Labute approximate surface area is 171 Å². The summed E-state index contributed by atoms with van der Waals surface area (Å²) in [5, 5.41) is 2.91. The number of hydrogen-bond donors (Lipinski definition) is 1. The van der Waals surface area contributed by atoms with Crippen LogP contribution >= 0.6 is 0 Å². The first-order valence-electron chi connectivity index (χ1n) is 10.4. The summed E-state index contributed by atoms with van der Waals surface area (Å²) in [5.41, 5.74) is 3.40. The van der Waals surface area contributed by atoms with E-state index in [1.165, 1.54) is 5.56 Å². The molecule has 0 saturated heterocycles. The van der Waals surface area contributed by atoms with Crippen LogP contribution in [-0.4, -0.2) is 47.7 Å². The van der Waals surface area contributed by atoms with E-state index in [4.69, 9.17) is 4.74 Å². The van der Waals surface area contributed by atoms with Crippen LogP contribution in [0.1, 0.15) is 58.6 Å². The van der Waals surface area contributed by atoms with Crippen LogP contribution in [0.2, 0.25) is 0 Å². The van der Waals surface area contributed by atoms with Gasteiger partial charge in [0.15, 0.2) is 0 Å². The molecule has 0 spiro atoms. The van der Waals surface area contributed by atoms with Crippen molar-refractivity contribution in [3.63, 3.8) is 0 Å². The molecule has 0 aliphatic carbocycles. The first-order chi connectivity index (χ1) is 14.1. The maximum atomic E-state index is 13.5. The number of nitrogens with one attached hydrogen (secondary N) is 1. The number of carbonyl (C=O) groups excluding carboxylic acids is 2. The Hall–Kier alpha value is -2.67. The number of amides is 2. The second-order valence-electron chi connectivity index (χ2n) is 7.80. The number of ether oxygens (including phenoxy) is 1. The fourth-order valence-electron chi connectivity index (χ4n) is 4.37. The van der Waals surface area contributed by atoms with Crippen molar-refractivity contribution in [2.75, 3.05) is 25.2 Å². The monoisotopic (exact) mass is 396 g/mol. The third-order valence-electron chi connectivity index (χ3n) is 5.76. The lowest BCUT2D eigenvalue weighted by atomic mass is 10.1. The minimum absolute atomic E-state index is 0.0720. The Kier molecular flexibility index (Phi) is 5.67. The molecule has 0 bridgehead atoms. The summed E-state index contributed by atoms with van der Waals surface area (Å²) >= 11 is 0. The Bertz CT molecular complexity index is 921. The Morgan fingerprint density at radius 2 is 2.10 bits per heavy atom. The molecule has 1 aromatic carbocycles. The molecule has 4 rings (SSSR count). The van der Waals surface area contributed by atoms with Crippen LogP contribution in [0.25, 0.3) is 0 Å². The maximum Gasteiger partial charge on any atom is 0.294 e. The van der Waals surface area contributed by atoms with E-state index in [0.717, 1.165) is 50.0 Å². The van der Waals surface area contributed by atoms with Crippen molar-refractivity contribution >= 4 is 17.5 Å². The number of carbonyl (C=O) groups is 2. The van der Waals surface area contributed by atoms with Crippen LogP contribution in [0.4, 0.5) is 5.69 Å². The van der Waals surface area contributed by atoms with Crippen LogP contribution in [0.15, 0.2) is 24.3 Å². The van der Waals surface area contributed by atoms with Crippen LogP contribution < -0.4 is 10.2 Å². The van der Waals surface area contributed by atoms with Gasteiger partial charge in [-0.3, -0.25) is 9.59 Å². The number of fused-ring (bicyclic) bond motifs is 2. The number of imidazole rings is 1. The lowest BCUT2D eigenvalue weighted by Gasteiger charge is -2.24. The highest BCUT2D eigenvalue weighted by Crippen LogP contribution is 2.33. The molecule has 2 aromatic rings. The smallest absolute Gasteiger partial charge is 0.294 e. The SMILES string of the molecule is COCCCNC(=O)c1nc(C(=O)N2c3ccccc3CC2C)n2c1CCCC2. The van der Waals surface area contributed by atoms with Gasteiger partial charge in [0.1, 0.15) is 5.69 Å². The lowest BCUT2D eigenvalue weighted by Crippen LogP contribution is -2.37. The van der Waals surface area contributed by atoms with Gasteiger partial charge in [0.25, 0.3) is 11.8 Å². The van der Waals surface area contributed by atoms with Gasteiger partial charge in [0.05, 0.1) is 5.69 Å². The lowest BCUT2D eigenvalue weighted by molar-refractivity contribution is 0.0942. The van der Waals surface area contributed by atoms with E-state index < -0.39 is 0 Å². The predicted octanol–water partition coefficient (Wildman–Crippen LogP) is 2.58. The molecule has 2 aliphatic rings. The first-order valence-corrected chi connectivity index (χ1v) is 10.4. The van der Waals surface area contributed by atoms with Gasteiger partial charge in [-0.1, -0.05) is 18.2 Å². The van der Waals surface area contributed by atoms with E-state index in [9.17, 15) is 9.59 Å². The highest BCUT2D eigenvalue weighted by molar-refractivity contribution is 6.07. The number of aromatic nitrogens is 2. The minimum Gasteiger partial charge on any atom is -0.385 e. The number of methoxy groups -OCH3 is 1. The zero-order valence-electron chi connectivity index (χ0n) is 17.1. The van der Waals surface area contributed by atoms with Gasteiger partial charge < -0.3 is 19.5 Å². The molecule has 1 N–H and O–H groups in total. The highest BCUT2D eigenvalue weighted by Gasteiger charge is 2.36. The number of nitrogens with zero attached hydrogens (tertiary/aromatic N) is 3. The van der Waals surface area contributed by atoms with Crippen molar-refractivity contribution in [2.24, 2.45) is 0 Å². The summed E-state index contributed by atoms with van der Waals surface area (Å²) in [6.45, 7) is 3.90. The standard InChI is InChI=1S/C22H28N4O3/c1-15-14-16-8-3-4-9-17(16)26(15)22(28)20-24-19(18-10-5-6-12-25(18)20)21(27)23-11-7-13-29-2/h3-4,8-9,15H,5-7,10-14H2,1-2H3,(H,23,27). The summed E-state index contributed by atoms with van der Waals surface area (Å²) in [6, 6.07) is 8.09. The van der Waals surface area contributed by atoms with E-state index in [1.54, 1.807) is 7.11 Å². The second kappa shape index (κ2) is 8.37. The second-order valence-corrected chi connectivity index (χ2v) is 7.80. The summed E-state index contributed by atoms with van der Waals surface area (Å²) < 4.78 is 6.99. The molecule has 7 heteroatoms. The van der Waals surface area contributed by atoms with Crippen molar-refractivity contribution in [1.29, 1.82) is 0 Å². The van der Waals surface area contributed by atoms with Crippen LogP contribution in [-0.2, 0) is 24.1 Å². The summed E-state index contributed by atoms with van der Waals surface area (Å²) in [4.78, 5) is 32.7. The van der Waals surface area contributed by atoms with E-state index in [1.807, 2.05) is 27.7 Å². The van der Waals surface area contributed by atoms with E-state index in [2.05, 4.69) is 23.3 Å². The summed E-state index contributed by atoms with van der Waals surface area (Å²) in [5.74, 6) is 0.0509. The molecule has 0 radical (unpaired) electrons. The van der Waals surface area contributed by atoms with Crippen LogP contribution in [0, 0.1) is 0 Å². The van der Waals surface area contributed by atoms with E-state index in [0.29, 0.717) is 24.7 Å². The summed E-state index contributed by atoms with van der Waals surface area (Å²) in [7, 11) is 1.64. The molecule has 2 amide bonds. The number of hydrogen-bond acceptors (Lipinski definition) is 4. The number of benzene rings is 1. The Morgan fingerprint density at radius 1 is 1.28 bits per heavy atom. The van der Waals surface area contributed by atoms with Crippen molar-refractivity contribution in [3.8, 4) is 0 Å². The van der Waals surface area contributed by atoms with Gasteiger partial charge in [-0.25, -0.2) is 4.98 Å². The van der Waals surface area contributed by atoms with Gasteiger partial charge in [0.2, 0.25) is 5.82 Å². The van der Waals surface area contributed by atoms with Crippen molar-refractivity contribution in [2.45, 2.75) is 51.6 Å². The quantitative estimate of drug-likeness (QED) is 0.762. The predicted molar refractivity (Wildman–Crippen MR) is 110 cm³/mol. The average molecular weight is 396 g/mol. The van der Waals surface area contributed by atoms with Crippen molar-refractivity contribution in [3.05, 3.63) is 47.0 Å². The molecule has 1 aromatic heterocycles. The number of rotatable bonds is 6. The molecule has 154 valence electrons. The van der Waals surface area contributed by atoms with Gasteiger partial charge in [-0.15, -0.1) is 0 Å². The van der Waals surface area contributed by atoms with Gasteiger partial charge >= 0.3 is 0 Å². The third-order valence-corrected chi connectivity index (χ3v) is 5.76. The topological polar surface area (TPSA) is 76.5 Å². The van der Waals surface area contributed by atoms with Gasteiger partial charge in [-0.05, 0) is 50.7 Å². The number of anilines is 1. The fourth-order valence-corrected chi connectivity index (χ4v) is 4.37. The molecule has 3 heterocycles. The Morgan fingerprint density at radius 3 is 2.93 bits per heavy atom. The van der Waals surface area contributed by atoms with Crippen LogP contribution in [0.5, 0.6) is 0 Å². The van der Waals surface area contributed by atoms with Gasteiger partial charge in [0, 0.05) is 38.5 Å². The normalized spacial score (nSPS) is 17.7. The molecule has 1 atom stereocenters. The van der Waals surface area contributed by atoms with Crippen molar-refractivity contribution < 1.29 is 14.3 Å². The van der Waals surface area contributed by atoms with Gasteiger partial charge in [-0.2, -0.15) is 0 Å². The fraction of sp³-hybridized carbons (Fsp3) is 0.500. The highest BCUT2D eigenvalue weighted by atomic mass is 16.5. The van der Waals surface area contributed by atoms with E-state index in [-0.39, 0.29) is 17.9 Å². The molecular weight excluding hydrogens is 368 g/mol. The third kappa shape index (κ3) is 3.67. The molecule has 0 saturated carbocycles. The zero-order chi connectivity index (χ0) is 20.4. The maximum absolute atomic E-state index is 13.5. The summed E-state index contributed by atoms with van der Waals surface area (Å²) in [6.07, 6.45) is 4.35. The minimum atomic E-state index is -0.208. The molecule has 29 heavy (non-hydrogen) atoms. The number of para-hydroxylation sites is 1. The van der Waals surface area contributed by atoms with Crippen molar-refractivity contribution in [1.82, 2.24) is 14.9 Å². The average Bonchev–Trinajstić information content (AvgIpc) is 3.28. The first kappa shape index (κ1) is 19.6. The zero-order valence-corrected chi connectivity index (χ0v) is 17.1.